The highest BCUT2D eigenvalue weighted by atomic mass is 79.9. The molecule has 17 heavy (non-hydrogen) atoms. The number of nitrogens with zero attached hydrogens (tertiary/aromatic N) is 1. The summed E-state index contributed by atoms with van der Waals surface area (Å²) < 4.78 is 6.65. The van der Waals surface area contributed by atoms with Crippen LogP contribution in [0.5, 0.6) is 0 Å². The number of hydrogen-bond acceptors (Lipinski definition) is 2. The molecule has 0 aliphatic heterocycles. The first-order valence-corrected chi connectivity index (χ1v) is 6.34. The van der Waals surface area contributed by atoms with E-state index < -0.39 is 0 Å². The topological polar surface area (TPSA) is 22.1 Å². The fourth-order valence-electron chi connectivity index (χ4n) is 1.41. The fourth-order valence-corrected chi connectivity index (χ4v) is 1.99. The summed E-state index contributed by atoms with van der Waals surface area (Å²) >= 11 is 9.34. The Balaban J connectivity index is 1.90. The van der Waals surface area contributed by atoms with E-state index in [4.69, 9.17) is 16.3 Å². The van der Waals surface area contributed by atoms with Crippen molar-refractivity contribution in [3.05, 3.63) is 63.3 Å². The second-order valence-corrected chi connectivity index (χ2v) is 4.84. The SMILES string of the molecule is Clc1ccnc(COCc2ccccc2Br)c1. The van der Waals surface area contributed by atoms with Gasteiger partial charge in [0.15, 0.2) is 0 Å². The molecule has 0 saturated carbocycles. The van der Waals surface area contributed by atoms with E-state index in [0.29, 0.717) is 18.2 Å². The minimum Gasteiger partial charge on any atom is -0.370 e. The van der Waals surface area contributed by atoms with Gasteiger partial charge in [-0.2, -0.15) is 0 Å². The van der Waals surface area contributed by atoms with Crippen LogP contribution < -0.4 is 0 Å². The van der Waals surface area contributed by atoms with Gasteiger partial charge in [-0.3, -0.25) is 4.98 Å². The predicted octanol–water partition coefficient (Wildman–Crippen LogP) is 4.21. The van der Waals surface area contributed by atoms with Crippen molar-refractivity contribution in [2.45, 2.75) is 13.2 Å². The quantitative estimate of drug-likeness (QED) is 0.843. The average Bonchev–Trinajstić information content (AvgIpc) is 2.32. The summed E-state index contributed by atoms with van der Waals surface area (Å²) in [6, 6.07) is 11.5. The van der Waals surface area contributed by atoms with Gasteiger partial charge in [0, 0.05) is 15.7 Å². The summed E-state index contributed by atoms with van der Waals surface area (Å²) in [6.45, 7) is 1.01. The van der Waals surface area contributed by atoms with Crippen LogP contribution in [0, 0.1) is 0 Å². The van der Waals surface area contributed by atoms with Crippen LogP contribution in [0.1, 0.15) is 11.3 Å². The Morgan fingerprint density at radius 3 is 2.76 bits per heavy atom. The van der Waals surface area contributed by atoms with Gasteiger partial charge >= 0.3 is 0 Å². The number of benzene rings is 1. The molecule has 0 aliphatic carbocycles. The van der Waals surface area contributed by atoms with Gasteiger partial charge in [0.1, 0.15) is 0 Å². The van der Waals surface area contributed by atoms with E-state index >= 15 is 0 Å². The van der Waals surface area contributed by atoms with Gasteiger partial charge in [-0.05, 0) is 23.8 Å². The van der Waals surface area contributed by atoms with Gasteiger partial charge in [0.25, 0.3) is 0 Å². The third kappa shape index (κ3) is 3.80. The second kappa shape index (κ2) is 6.15. The highest BCUT2D eigenvalue weighted by Crippen LogP contribution is 2.17. The summed E-state index contributed by atoms with van der Waals surface area (Å²) in [5, 5.41) is 0.680. The van der Waals surface area contributed by atoms with Crippen molar-refractivity contribution in [3.8, 4) is 0 Å². The standard InChI is InChI=1S/C13H11BrClNO/c14-13-4-2-1-3-10(13)8-17-9-12-7-11(15)5-6-16-12/h1-7H,8-9H2. The van der Waals surface area contributed by atoms with Crippen molar-refractivity contribution in [1.29, 1.82) is 0 Å². The van der Waals surface area contributed by atoms with E-state index in [1.807, 2.05) is 30.3 Å². The van der Waals surface area contributed by atoms with Crippen LogP contribution in [0.2, 0.25) is 5.02 Å². The van der Waals surface area contributed by atoms with E-state index in [9.17, 15) is 0 Å². The van der Waals surface area contributed by atoms with E-state index in [1.165, 1.54) is 0 Å². The van der Waals surface area contributed by atoms with Crippen LogP contribution in [-0.2, 0) is 18.0 Å². The van der Waals surface area contributed by atoms with Gasteiger partial charge < -0.3 is 4.74 Å². The number of pyridine rings is 1. The Kier molecular flexibility index (Phi) is 4.54. The first kappa shape index (κ1) is 12.6. The smallest absolute Gasteiger partial charge is 0.0892 e. The van der Waals surface area contributed by atoms with Crippen molar-refractivity contribution < 1.29 is 4.74 Å². The molecule has 0 fully saturated rings. The Labute approximate surface area is 114 Å². The molecule has 0 atom stereocenters. The lowest BCUT2D eigenvalue weighted by molar-refractivity contribution is 0.104. The van der Waals surface area contributed by atoms with Crippen molar-refractivity contribution >= 4 is 27.5 Å². The molecule has 1 heterocycles. The maximum absolute atomic E-state index is 5.86. The molecule has 0 amide bonds. The van der Waals surface area contributed by atoms with E-state index in [0.717, 1.165) is 15.7 Å². The molecule has 88 valence electrons. The fraction of sp³-hybridized carbons (Fsp3) is 0.154. The molecule has 4 heteroatoms. The molecule has 2 rings (SSSR count). The molecule has 1 aromatic carbocycles. The summed E-state index contributed by atoms with van der Waals surface area (Å²) in [6.07, 6.45) is 1.68. The van der Waals surface area contributed by atoms with Crippen LogP contribution in [0.4, 0.5) is 0 Å². The molecule has 0 aliphatic rings. The lowest BCUT2D eigenvalue weighted by Crippen LogP contribution is -1.96. The van der Waals surface area contributed by atoms with E-state index in [1.54, 1.807) is 12.3 Å². The number of ether oxygens (including phenoxy) is 1. The largest absolute Gasteiger partial charge is 0.370 e. The van der Waals surface area contributed by atoms with E-state index in [2.05, 4.69) is 20.9 Å². The monoisotopic (exact) mass is 311 g/mol. The zero-order chi connectivity index (χ0) is 12.1. The summed E-state index contributed by atoms with van der Waals surface area (Å²) in [5.41, 5.74) is 1.96. The Hall–Kier alpha value is -0.900. The molecule has 0 radical (unpaired) electrons. The summed E-state index contributed by atoms with van der Waals surface area (Å²) in [4.78, 5) is 4.17. The zero-order valence-electron chi connectivity index (χ0n) is 9.07. The third-order valence-corrected chi connectivity index (χ3v) is 3.25. The highest BCUT2D eigenvalue weighted by molar-refractivity contribution is 9.10. The number of halogens is 2. The molecule has 0 bridgehead atoms. The second-order valence-electron chi connectivity index (χ2n) is 3.55. The van der Waals surface area contributed by atoms with Gasteiger partial charge in [0.05, 0.1) is 18.9 Å². The first-order chi connectivity index (χ1) is 8.25. The minimum atomic E-state index is 0.460. The maximum atomic E-state index is 5.86. The number of aromatic nitrogens is 1. The number of hydrogen-bond donors (Lipinski definition) is 0. The van der Waals surface area contributed by atoms with Gasteiger partial charge in [-0.1, -0.05) is 45.7 Å². The highest BCUT2D eigenvalue weighted by Gasteiger charge is 2.00. The molecule has 0 spiro atoms. The minimum absolute atomic E-state index is 0.460. The zero-order valence-corrected chi connectivity index (χ0v) is 11.4. The average molecular weight is 313 g/mol. The molecular weight excluding hydrogens is 302 g/mol. The van der Waals surface area contributed by atoms with Crippen LogP contribution in [0.25, 0.3) is 0 Å². The Morgan fingerprint density at radius 1 is 1.18 bits per heavy atom. The maximum Gasteiger partial charge on any atom is 0.0892 e. The lowest BCUT2D eigenvalue weighted by atomic mass is 10.2. The normalized spacial score (nSPS) is 10.5. The van der Waals surface area contributed by atoms with Crippen molar-refractivity contribution in [1.82, 2.24) is 4.98 Å². The Bertz CT molecular complexity index is 504. The molecule has 1 aromatic heterocycles. The number of rotatable bonds is 4. The summed E-state index contributed by atoms with van der Waals surface area (Å²) in [5.74, 6) is 0. The van der Waals surface area contributed by atoms with Crippen LogP contribution in [-0.4, -0.2) is 4.98 Å². The molecular formula is C13H11BrClNO. The van der Waals surface area contributed by atoms with Crippen molar-refractivity contribution in [2.75, 3.05) is 0 Å². The summed E-state index contributed by atoms with van der Waals surface area (Å²) in [7, 11) is 0. The van der Waals surface area contributed by atoms with Gasteiger partial charge in [-0.25, -0.2) is 0 Å². The van der Waals surface area contributed by atoms with Crippen LogP contribution >= 0.6 is 27.5 Å². The van der Waals surface area contributed by atoms with E-state index in [-0.39, 0.29) is 0 Å². The Morgan fingerprint density at radius 2 is 2.00 bits per heavy atom. The molecule has 0 unspecified atom stereocenters. The van der Waals surface area contributed by atoms with Gasteiger partial charge in [0.2, 0.25) is 0 Å². The van der Waals surface area contributed by atoms with Gasteiger partial charge in [-0.15, -0.1) is 0 Å². The lowest BCUT2D eigenvalue weighted by Gasteiger charge is -2.06. The molecule has 2 nitrogen and oxygen atoms in total. The van der Waals surface area contributed by atoms with Crippen LogP contribution in [0.3, 0.4) is 0 Å². The predicted molar refractivity (Wildman–Crippen MR) is 71.9 cm³/mol. The molecule has 2 aromatic rings. The van der Waals surface area contributed by atoms with Crippen molar-refractivity contribution in [2.24, 2.45) is 0 Å². The van der Waals surface area contributed by atoms with Crippen LogP contribution in [0.15, 0.2) is 47.1 Å². The molecule has 0 saturated heterocycles. The molecule has 0 N–H and O–H groups in total. The van der Waals surface area contributed by atoms with Crippen molar-refractivity contribution in [3.63, 3.8) is 0 Å². The third-order valence-electron chi connectivity index (χ3n) is 2.24. The first-order valence-electron chi connectivity index (χ1n) is 5.17.